The fourth-order valence-electron chi connectivity index (χ4n) is 2.51. The molecule has 0 unspecified atom stereocenters. The Morgan fingerprint density at radius 2 is 1.36 bits per heavy atom. The van der Waals surface area contributed by atoms with Gasteiger partial charge in [-0.15, -0.1) is 0 Å². The summed E-state index contributed by atoms with van der Waals surface area (Å²) >= 11 is 0. The Morgan fingerprint density at radius 1 is 0.682 bits per heavy atom. The van der Waals surface area contributed by atoms with E-state index >= 15 is 0 Å². The molecular weight excluding hydrogens is 285 g/mol. The molecule has 0 aromatic heterocycles. The quantitative estimate of drug-likeness (QED) is 0.576. The second-order valence-corrected chi connectivity index (χ2v) is 5.00. The van der Waals surface area contributed by atoms with E-state index in [4.69, 9.17) is 0 Å². The average Bonchev–Trinajstić information content (AvgIpc) is 2.56. The maximum Gasteiger partial charge on any atom is 0.132 e. The highest BCUT2D eigenvalue weighted by atomic mass is 19.1. The summed E-state index contributed by atoms with van der Waals surface area (Å²) in [5.74, 6) is -0.924. The zero-order chi connectivity index (χ0) is 15.5. The minimum absolute atomic E-state index is 0.183. The number of rotatable bonds is 3. The van der Waals surface area contributed by atoms with Gasteiger partial charge in [-0.2, -0.15) is 0 Å². The van der Waals surface area contributed by atoms with Crippen molar-refractivity contribution in [1.29, 1.82) is 0 Å². The lowest BCUT2D eigenvalue weighted by Crippen LogP contribution is -1.94. The first-order chi connectivity index (χ1) is 10.7. The van der Waals surface area contributed by atoms with E-state index in [1.807, 2.05) is 30.3 Å². The van der Waals surface area contributed by atoms with E-state index in [-0.39, 0.29) is 11.1 Å². The Kier molecular flexibility index (Phi) is 3.96. The van der Waals surface area contributed by atoms with Gasteiger partial charge in [-0.05, 0) is 46.5 Å². The molecule has 0 saturated heterocycles. The molecule has 3 heteroatoms. The third-order valence-electron chi connectivity index (χ3n) is 3.56. The van der Waals surface area contributed by atoms with E-state index < -0.39 is 18.3 Å². The molecule has 0 spiro atoms. The van der Waals surface area contributed by atoms with Gasteiger partial charge in [0.2, 0.25) is 0 Å². The summed E-state index contributed by atoms with van der Waals surface area (Å²) in [4.78, 5) is 0. The Balaban J connectivity index is 2.14. The lowest BCUT2D eigenvalue weighted by atomic mass is 9.95. The Bertz CT molecular complexity index is 778. The topological polar surface area (TPSA) is 0 Å². The van der Waals surface area contributed by atoms with E-state index in [0.717, 1.165) is 5.56 Å². The highest BCUT2D eigenvalue weighted by molar-refractivity contribution is 5.74. The SMILES string of the molecule is FCc1cc(-c2ccccc2)cc(F)c1-c1ccc(F)cc1. The molecule has 3 rings (SSSR count). The van der Waals surface area contributed by atoms with Crippen LogP contribution in [0.2, 0.25) is 0 Å². The van der Waals surface area contributed by atoms with Crippen LogP contribution in [0.3, 0.4) is 0 Å². The molecule has 0 N–H and O–H groups in total. The van der Waals surface area contributed by atoms with Crippen LogP contribution < -0.4 is 0 Å². The van der Waals surface area contributed by atoms with Gasteiger partial charge in [-0.25, -0.2) is 13.2 Å². The van der Waals surface area contributed by atoms with Crippen LogP contribution >= 0.6 is 0 Å². The minimum Gasteiger partial charge on any atom is -0.246 e. The van der Waals surface area contributed by atoms with E-state index in [0.29, 0.717) is 11.1 Å². The molecule has 0 nitrogen and oxygen atoms in total. The van der Waals surface area contributed by atoms with Gasteiger partial charge in [-0.1, -0.05) is 42.5 Å². The molecule has 110 valence electrons. The van der Waals surface area contributed by atoms with Crippen molar-refractivity contribution in [1.82, 2.24) is 0 Å². The Morgan fingerprint density at radius 3 is 2.00 bits per heavy atom. The minimum atomic E-state index is -0.787. The van der Waals surface area contributed by atoms with E-state index in [9.17, 15) is 13.2 Å². The Hall–Kier alpha value is -2.55. The first kappa shape index (κ1) is 14.4. The molecule has 0 aliphatic carbocycles. The zero-order valence-corrected chi connectivity index (χ0v) is 11.7. The Labute approximate surface area is 126 Å². The standard InChI is InChI=1S/C19H13F3/c20-12-16-10-15(13-4-2-1-3-5-13)11-18(22)19(16)14-6-8-17(21)9-7-14/h1-11H,12H2. The second-order valence-electron chi connectivity index (χ2n) is 5.00. The molecule has 0 radical (unpaired) electrons. The van der Waals surface area contributed by atoms with Gasteiger partial charge in [0, 0.05) is 5.56 Å². The van der Waals surface area contributed by atoms with Gasteiger partial charge in [0.25, 0.3) is 0 Å². The maximum absolute atomic E-state index is 14.5. The summed E-state index contributed by atoms with van der Waals surface area (Å²) in [6.45, 7) is -0.787. The van der Waals surface area contributed by atoms with Crippen LogP contribution in [-0.4, -0.2) is 0 Å². The average molecular weight is 298 g/mol. The third-order valence-corrected chi connectivity index (χ3v) is 3.56. The second kappa shape index (κ2) is 6.06. The van der Waals surface area contributed by atoms with Crippen LogP contribution in [0.5, 0.6) is 0 Å². The molecule has 0 atom stereocenters. The number of benzene rings is 3. The molecule has 0 saturated carbocycles. The van der Waals surface area contributed by atoms with Crippen molar-refractivity contribution in [3.63, 3.8) is 0 Å². The highest BCUT2D eigenvalue weighted by Crippen LogP contribution is 2.32. The van der Waals surface area contributed by atoms with Crippen LogP contribution in [0.4, 0.5) is 13.2 Å². The van der Waals surface area contributed by atoms with Gasteiger partial charge < -0.3 is 0 Å². The number of hydrogen-bond donors (Lipinski definition) is 0. The van der Waals surface area contributed by atoms with Crippen molar-refractivity contribution in [2.75, 3.05) is 0 Å². The molecule has 3 aromatic carbocycles. The molecule has 0 heterocycles. The lowest BCUT2D eigenvalue weighted by molar-refractivity contribution is 0.484. The van der Waals surface area contributed by atoms with Crippen molar-refractivity contribution in [2.45, 2.75) is 6.67 Å². The summed E-state index contributed by atoms with van der Waals surface area (Å²) in [5, 5.41) is 0. The van der Waals surface area contributed by atoms with Gasteiger partial charge in [0.1, 0.15) is 18.3 Å². The first-order valence-electron chi connectivity index (χ1n) is 6.89. The first-order valence-corrected chi connectivity index (χ1v) is 6.89. The van der Waals surface area contributed by atoms with Gasteiger partial charge in [0.15, 0.2) is 0 Å². The summed E-state index contributed by atoms with van der Waals surface area (Å²) in [7, 11) is 0. The lowest BCUT2D eigenvalue weighted by Gasteiger charge is -2.12. The molecule has 0 aliphatic heterocycles. The number of halogens is 3. The smallest absolute Gasteiger partial charge is 0.132 e. The van der Waals surface area contributed by atoms with Crippen LogP contribution in [0.1, 0.15) is 5.56 Å². The normalized spacial score (nSPS) is 10.7. The van der Waals surface area contributed by atoms with Crippen molar-refractivity contribution in [3.05, 3.63) is 83.9 Å². The molecule has 3 aromatic rings. The third kappa shape index (κ3) is 2.75. The fraction of sp³-hybridized carbons (Fsp3) is 0.0526. The predicted octanol–water partition coefficient (Wildman–Crippen LogP) is 5.77. The van der Waals surface area contributed by atoms with Crippen LogP contribution in [0.15, 0.2) is 66.7 Å². The zero-order valence-electron chi connectivity index (χ0n) is 11.7. The monoisotopic (exact) mass is 298 g/mol. The molecule has 0 aliphatic rings. The molecule has 0 amide bonds. The fourth-order valence-corrected chi connectivity index (χ4v) is 2.51. The predicted molar refractivity (Wildman–Crippen MR) is 82.0 cm³/mol. The summed E-state index contributed by atoms with van der Waals surface area (Å²) in [6.07, 6.45) is 0. The maximum atomic E-state index is 14.5. The van der Waals surface area contributed by atoms with Crippen molar-refractivity contribution >= 4 is 0 Å². The van der Waals surface area contributed by atoms with Crippen molar-refractivity contribution in [2.24, 2.45) is 0 Å². The van der Waals surface area contributed by atoms with Crippen molar-refractivity contribution < 1.29 is 13.2 Å². The van der Waals surface area contributed by atoms with Crippen molar-refractivity contribution in [3.8, 4) is 22.3 Å². The summed E-state index contributed by atoms with van der Waals surface area (Å²) < 4.78 is 40.9. The van der Waals surface area contributed by atoms with E-state index in [1.54, 1.807) is 6.07 Å². The highest BCUT2D eigenvalue weighted by Gasteiger charge is 2.14. The van der Waals surface area contributed by atoms with Crippen LogP contribution in [0, 0.1) is 11.6 Å². The van der Waals surface area contributed by atoms with Gasteiger partial charge >= 0.3 is 0 Å². The molecule has 0 bridgehead atoms. The van der Waals surface area contributed by atoms with E-state index in [2.05, 4.69) is 0 Å². The summed E-state index contributed by atoms with van der Waals surface area (Å²) in [5.41, 5.74) is 2.34. The largest absolute Gasteiger partial charge is 0.246 e. The van der Waals surface area contributed by atoms with Gasteiger partial charge in [0.05, 0.1) is 0 Å². The number of hydrogen-bond acceptors (Lipinski definition) is 0. The molecule has 22 heavy (non-hydrogen) atoms. The number of alkyl halides is 1. The van der Waals surface area contributed by atoms with Crippen LogP contribution in [-0.2, 0) is 6.67 Å². The molecule has 0 fully saturated rings. The molecular formula is C19H13F3. The van der Waals surface area contributed by atoms with Gasteiger partial charge in [-0.3, -0.25) is 0 Å². The summed E-state index contributed by atoms with van der Waals surface area (Å²) in [6, 6.07) is 17.6. The van der Waals surface area contributed by atoms with Crippen LogP contribution in [0.25, 0.3) is 22.3 Å². The van der Waals surface area contributed by atoms with E-state index in [1.165, 1.54) is 30.3 Å².